The second kappa shape index (κ2) is 7.08. The zero-order valence-corrected chi connectivity index (χ0v) is 12.7. The third-order valence-electron chi connectivity index (χ3n) is 3.22. The van der Waals surface area contributed by atoms with Crippen molar-refractivity contribution < 1.29 is 28.2 Å². The molecule has 2 atom stereocenters. The highest BCUT2D eigenvalue weighted by Crippen LogP contribution is 2.14. The fraction of sp³-hybridized carbons (Fsp3) is 0.400. The normalized spacial score (nSPS) is 16.5. The summed E-state index contributed by atoms with van der Waals surface area (Å²) in [5, 5.41) is 2.49. The first-order chi connectivity index (χ1) is 10.9. The first-order valence-electron chi connectivity index (χ1n) is 7.10. The Balaban J connectivity index is 1.88. The molecular formula is C15H17FN2O5. The molecule has 2 rings (SSSR count). The lowest BCUT2D eigenvalue weighted by Crippen LogP contribution is -2.43. The van der Waals surface area contributed by atoms with Crippen LogP contribution in [0.5, 0.6) is 5.75 Å². The number of urea groups is 1. The molecule has 1 fully saturated rings. The molecule has 0 aromatic heterocycles. The Labute approximate surface area is 132 Å². The second-order valence-electron chi connectivity index (χ2n) is 5.01. The molecule has 0 saturated carbocycles. The van der Waals surface area contributed by atoms with Gasteiger partial charge in [0.1, 0.15) is 11.6 Å². The zero-order valence-electron chi connectivity index (χ0n) is 12.7. The van der Waals surface area contributed by atoms with Crippen LogP contribution in [0, 0.1) is 5.82 Å². The molecule has 124 valence electrons. The molecule has 1 aromatic carbocycles. The van der Waals surface area contributed by atoms with E-state index in [0.717, 1.165) is 4.90 Å². The van der Waals surface area contributed by atoms with Crippen LogP contribution in [0.1, 0.15) is 13.8 Å². The smallest absolute Gasteiger partial charge is 0.347 e. The van der Waals surface area contributed by atoms with E-state index in [-0.39, 0.29) is 6.54 Å². The Hall–Kier alpha value is -2.64. The third kappa shape index (κ3) is 4.18. The molecule has 7 nitrogen and oxygen atoms in total. The number of nitrogens with one attached hydrogen (secondary N) is 1. The van der Waals surface area contributed by atoms with Crippen LogP contribution in [0.2, 0.25) is 0 Å². The predicted octanol–water partition coefficient (Wildman–Crippen LogP) is 1.08. The van der Waals surface area contributed by atoms with Crippen molar-refractivity contribution >= 4 is 17.9 Å². The molecule has 0 spiro atoms. The van der Waals surface area contributed by atoms with E-state index in [1.165, 1.54) is 38.1 Å². The molecule has 0 radical (unpaired) electrons. The van der Waals surface area contributed by atoms with Gasteiger partial charge in [-0.25, -0.2) is 14.0 Å². The van der Waals surface area contributed by atoms with Gasteiger partial charge in [-0.3, -0.25) is 9.69 Å². The number of esters is 1. The highest BCUT2D eigenvalue weighted by Gasteiger charge is 2.32. The van der Waals surface area contributed by atoms with Gasteiger partial charge in [-0.2, -0.15) is 0 Å². The summed E-state index contributed by atoms with van der Waals surface area (Å²) >= 11 is 0. The maximum absolute atomic E-state index is 12.8. The first-order valence-corrected chi connectivity index (χ1v) is 7.10. The van der Waals surface area contributed by atoms with Crippen LogP contribution in [-0.4, -0.2) is 48.1 Å². The number of imide groups is 1. The van der Waals surface area contributed by atoms with Gasteiger partial charge in [0.05, 0.1) is 0 Å². The van der Waals surface area contributed by atoms with Crippen LogP contribution in [-0.2, 0) is 14.3 Å². The number of halogens is 1. The van der Waals surface area contributed by atoms with Crippen molar-refractivity contribution in [2.45, 2.75) is 26.1 Å². The molecule has 1 heterocycles. The lowest BCUT2D eigenvalue weighted by molar-refractivity contribution is -0.163. The number of carbonyl (C=O) groups is 3. The number of hydrogen-bond donors (Lipinski definition) is 1. The summed E-state index contributed by atoms with van der Waals surface area (Å²) in [7, 11) is 0. The van der Waals surface area contributed by atoms with Gasteiger partial charge < -0.3 is 14.8 Å². The molecule has 1 aromatic rings. The molecule has 0 bridgehead atoms. The van der Waals surface area contributed by atoms with E-state index < -0.39 is 35.9 Å². The van der Waals surface area contributed by atoms with E-state index in [9.17, 15) is 18.8 Å². The Morgan fingerprint density at radius 1 is 1.22 bits per heavy atom. The van der Waals surface area contributed by atoms with Gasteiger partial charge in [-0.15, -0.1) is 0 Å². The summed E-state index contributed by atoms with van der Waals surface area (Å²) in [5.74, 6) is -1.47. The zero-order chi connectivity index (χ0) is 17.0. The molecule has 23 heavy (non-hydrogen) atoms. The number of nitrogens with zero attached hydrogens (tertiary/aromatic N) is 1. The van der Waals surface area contributed by atoms with Crippen molar-refractivity contribution in [1.82, 2.24) is 10.2 Å². The monoisotopic (exact) mass is 324 g/mol. The van der Waals surface area contributed by atoms with Gasteiger partial charge in [0, 0.05) is 13.1 Å². The summed E-state index contributed by atoms with van der Waals surface area (Å²) in [4.78, 5) is 36.3. The van der Waals surface area contributed by atoms with Crippen molar-refractivity contribution in [3.63, 3.8) is 0 Å². The number of rotatable bonds is 5. The SMILES string of the molecule is C[C@H](Oc1ccc(F)cc1)C(=O)O[C@H](C)C(=O)N1CCNC1=O. The van der Waals surface area contributed by atoms with Gasteiger partial charge in [-0.05, 0) is 38.1 Å². The first kappa shape index (κ1) is 16.7. The largest absolute Gasteiger partial charge is 0.479 e. The van der Waals surface area contributed by atoms with Crippen molar-refractivity contribution in [1.29, 1.82) is 0 Å². The number of benzene rings is 1. The van der Waals surface area contributed by atoms with Gasteiger partial charge in [0.2, 0.25) is 0 Å². The summed E-state index contributed by atoms with van der Waals surface area (Å²) in [6.45, 7) is 3.44. The van der Waals surface area contributed by atoms with Gasteiger partial charge >= 0.3 is 12.0 Å². The van der Waals surface area contributed by atoms with Crippen molar-refractivity contribution in [3.8, 4) is 5.75 Å². The maximum atomic E-state index is 12.8. The van der Waals surface area contributed by atoms with Crippen LogP contribution in [0.4, 0.5) is 9.18 Å². The van der Waals surface area contributed by atoms with E-state index in [2.05, 4.69) is 5.32 Å². The summed E-state index contributed by atoms with van der Waals surface area (Å²) < 4.78 is 23.1. The number of ether oxygens (including phenoxy) is 2. The Bertz CT molecular complexity index is 604. The molecule has 3 amide bonds. The highest BCUT2D eigenvalue weighted by atomic mass is 19.1. The average Bonchev–Trinajstić information content (AvgIpc) is 2.94. The maximum Gasteiger partial charge on any atom is 0.347 e. The van der Waals surface area contributed by atoms with Crippen LogP contribution in [0.3, 0.4) is 0 Å². The minimum atomic E-state index is -1.11. The van der Waals surface area contributed by atoms with E-state index in [1.54, 1.807) is 0 Å². The molecule has 1 aliphatic heterocycles. The highest BCUT2D eigenvalue weighted by molar-refractivity contribution is 5.98. The van der Waals surface area contributed by atoms with Crippen LogP contribution >= 0.6 is 0 Å². The van der Waals surface area contributed by atoms with Gasteiger partial charge in [-0.1, -0.05) is 0 Å². The Kier molecular flexibility index (Phi) is 5.15. The number of carbonyl (C=O) groups excluding carboxylic acids is 3. The summed E-state index contributed by atoms with van der Waals surface area (Å²) in [6.07, 6.45) is -2.09. The quantitative estimate of drug-likeness (QED) is 0.819. The van der Waals surface area contributed by atoms with Crippen LogP contribution in [0.15, 0.2) is 24.3 Å². The molecule has 1 aliphatic rings. The lowest BCUT2D eigenvalue weighted by atomic mass is 10.3. The van der Waals surface area contributed by atoms with E-state index in [4.69, 9.17) is 9.47 Å². The van der Waals surface area contributed by atoms with Crippen molar-refractivity contribution in [2.24, 2.45) is 0 Å². The van der Waals surface area contributed by atoms with E-state index >= 15 is 0 Å². The summed E-state index contributed by atoms with van der Waals surface area (Å²) in [6, 6.07) is 4.65. The fourth-order valence-electron chi connectivity index (χ4n) is 1.99. The molecule has 8 heteroatoms. The Morgan fingerprint density at radius 2 is 1.87 bits per heavy atom. The molecule has 1 saturated heterocycles. The number of amides is 3. The summed E-state index contributed by atoms with van der Waals surface area (Å²) in [5.41, 5.74) is 0. The standard InChI is InChI=1S/C15H17FN2O5/c1-9(13(19)18-8-7-17-15(18)21)23-14(20)10(2)22-12-5-3-11(16)4-6-12/h3-6,9-10H,7-8H2,1-2H3,(H,17,21)/t9-,10+/m1/s1. The van der Waals surface area contributed by atoms with E-state index in [1.807, 2.05) is 0 Å². The fourth-order valence-corrected chi connectivity index (χ4v) is 1.99. The minimum Gasteiger partial charge on any atom is -0.479 e. The second-order valence-corrected chi connectivity index (χ2v) is 5.01. The van der Waals surface area contributed by atoms with Gasteiger partial charge in [0.25, 0.3) is 5.91 Å². The van der Waals surface area contributed by atoms with Crippen LogP contribution in [0.25, 0.3) is 0 Å². The number of hydrogen-bond acceptors (Lipinski definition) is 5. The third-order valence-corrected chi connectivity index (χ3v) is 3.22. The average molecular weight is 324 g/mol. The van der Waals surface area contributed by atoms with Crippen molar-refractivity contribution in [3.05, 3.63) is 30.1 Å². The molecule has 0 unspecified atom stereocenters. The molecule has 0 aliphatic carbocycles. The van der Waals surface area contributed by atoms with E-state index in [0.29, 0.717) is 12.3 Å². The molecular weight excluding hydrogens is 307 g/mol. The molecule has 1 N–H and O–H groups in total. The topological polar surface area (TPSA) is 84.9 Å². The van der Waals surface area contributed by atoms with Crippen molar-refractivity contribution in [2.75, 3.05) is 13.1 Å². The van der Waals surface area contributed by atoms with Gasteiger partial charge in [0.15, 0.2) is 12.2 Å². The van der Waals surface area contributed by atoms with Crippen LogP contribution < -0.4 is 10.1 Å². The minimum absolute atomic E-state index is 0.237. The lowest BCUT2D eigenvalue weighted by Gasteiger charge is -2.20. The Morgan fingerprint density at radius 3 is 2.43 bits per heavy atom. The predicted molar refractivity (Wildman–Crippen MR) is 77.2 cm³/mol.